The van der Waals surface area contributed by atoms with Crippen molar-refractivity contribution in [2.75, 3.05) is 26.1 Å². The van der Waals surface area contributed by atoms with Crippen LogP contribution in [-0.4, -0.2) is 45.2 Å². The van der Waals surface area contributed by atoms with E-state index in [1.807, 2.05) is 0 Å². The van der Waals surface area contributed by atoms with Gasteiger partial charge >= 0.3 is 0 Å². The molecule has 1 aliphatic heterocycles. The summed E-state index contributed by atoms with van der Waals surface area (Å²) in [6.45, 7) is 0.871. The first-order chi connectivity index (χ1) is 17.5. The number of anilines is 1. The Labute approximate surface area is 208 Å². The Morgan fingerprint density at radius 1 is 1.39 bits per heavy atom. The predicted octanol–water partition coefficient (Wildman–Crippen LogP) is 3.38. The Hall–Kier alpha value is -4.15. The van der Waals surface area contributed by atoms with E-state index in [-0.39, 0.29) is 47.6 Å². The summed E-state index contributed by atoms with van der Waals surface area (Å²) in [6, 6.07) is 9.05. The van der Waals surface area contributed by atoms with Gasteiger partial charge in [0.05, 0.1) is 37.6 Å². The number of nitrogen functional groups attached to an aromatic ring is 1. The van der Waals surface area contributed by atoms with Crippen LogP contribution >= 0.6 is 12.3 Å². The van der Waals surface area contributed by atoms with Gasteiger partial charge in [-0.05, 0) is 23.8 Å². The first-order valence-corrected chi connectivity index (χ1v) is 11.4. The van der Waals surface area contributed by atoms with E-state index in [4.69, 9.17) is 15.2 Å². The summed E-state index contributed by atoms with van der Waals surface area (Å²) < 4.78 is 40.5. The number of hydrogen-bond donors (Lipinski definition) is 2. The first kappa shape index (κ1) is 23.6. The summed E-state index contributed by atoms with van der Waals surface area (Å²) in [5, 5.41) is 21.6. The highest BCUT2D eigenvalue weighted by atomic mass is 32.2. The lowest BCUT2D eigenvalue weighted by Gasteiger charge is -2.26. The summed E-state index contributed by atoms with van der Waals surface area (Å²) in [4.78, 5) is 12.8. The van der Waals surface area contributed by atoms with Gasteiger partial charge in [0.1, 0.15) is 40.8 Å². The second-order valence-electron chi connectivity index (χ2n) is 8.00. The largest absolute Gasteiger partial charge is 0.496 e. The molecule has 0 bridgehead atoms. The van der Waals surface area contributed by atoms with Crippen molar-refractivity contribution >= 4 is 35.0 Å². The van der Waals surface area contributed by atoms with Gasteiger partial charge in [0.2, 0.25) is 0 Å². The number of nitrogens with zero attached hydrogens (tertiary/aromatic N) is 5. The number of fused-ring (bicyclic) bond motifs is 1. The Balaban J connectivity index is 1.52. The van der Waals surface area contributed by atoms with E-state index in [0.717, 1.165) is 10.2 Å². The van der Waals surface area contributed by atoms with Gasteiger partial charge in [-0.15, -0.1) is 3.89 Å². The lowest BCUT2D eigenvalue weighted by Crippen LogP contribution is -2.32. The van der Waals surface area contributed by atoms with Crippen LogP contribution in [0, 0.1) is 17.1 Å². The van der Waals surface area contributed by atoms with Crippen LogP contribution in [0.3, 0.4) is 0 Å². The lowest BCUT2D eigenvalue weighted by molar-refractivity contribution is -0.0275. The summed E-state index contributed by atoms with van der Waals surface area (Å²) >= 11 is -0.111. The van der Waals surface area contributed by atoms with Crippen molar-refractivity contribution in [3.05, 3.63) is 59.0 Å². The van der Waals surface area contributed by atoms with Crippen LogP contribution in [-0.2, 0) is 11.3 Å². The molecule has 1 aliphatic rings. The molecule has 10 nitrogen and oxygen atoms in total. The topological polar surface area (TPSA) is 133 Å². The molecular weight excluding hydrogens is 492 g/mol. The summed E-state index contributed by atoms with van der Waals surface area (Å²) in [7, 11) is 1.38. The Kier molecular flexibility index (Phi) is 6.21. The number of carbonyl (C=O) groups excluding carboxylic acids is 1. The van der Waals surface area contributed by atoms with Crippen molar-refractivity contribution in [2.45, 2.75) is 12.6 Å². The third-order valence-electron chi connectivity index (χ3n) is 5.98. The van der Waals surface area contributed by atoms with E-state index < -0.39 is 11.7 Å². The zero-order valence-corrected chi connectivity index (χ0v) is 19.7. The van der Waals surface area contributed by atoms with Crippen molar-refractivity contribution in [2.24, 2.45) is 0 Å². The quantitative estimate of drug-likeness (QED) is 0.386. The highest BCUT2D eigenvalue weighted by Gasteiger charge is 2.28. The molecule has 0 saturated carbocycles. The van der Waals surface area contributed by atoms with Gasteiger partial charge in [0, 0.05) is 17.5 Å². The average molecular weight is 512 g/mol. The van der Waals surface area contributed by atoms with E-state index in [0.29, 0.717) is 40.9 Å². The number of rotatable bonds is 7. The van der Waals surface area contributed by atoms with E-state index in [1.165, 1.54) is 25.4 Å². The summed E-state index contributed by atoms with van der Waals surface area (Å²) in [5.74, 6) is -0.710. The fourth-order valence-corrected chi connectivity index (χ4v) is 4.46. The van der Waals surface area contributed by atoms with Gasteiger partial charge in [-0.25, -0.2) is 9.07 Å². The molecule has 1 saturated heterocycles. The number of hydrogen-bond acceptors (Lipinski definition) is 8. The minimum atomic E-state index is -0.583. The van der Waals surface area contributed by atoms with Crippen LogP contribution in [0.25, 0.3) is 22.2 Å². The van der Waals surface area contributed by atoms with Gasteiger partial charge in [-0.2, -0.15) is 19.5 Å². The Morgan fingerprint density at radius 3 is 2.86 bits per heavy atom. The monoisotopic (exact) mass is 511 g/mol. The number of benzene rings is 2. The van der Waals surface area contributed by atoms with Crippen molar-refractivity contribution in [1.29, 1.82) is 5.26 Å². The average Bonchev–Trinajstić information content (AvgIpc) is 3.42. The number of nitriles is 1. The number of nitrogens with one attached hydrogen (secondary N) is 1. The van der Waals surface area contributed by atoms with Crippen LogP contribution < -0.4 is 15.8 Å². The third kappa shape index (κ3) is 3.90. The van der Waals surface area contributed by atoms with Gasteiger partial charge in [0.15, 0.2) is 12.3 Å². The fraction of sp³-hybridized carbons (Fsp3) is 0.217. The van der Waals surface area contributed by atoms with Crippen molar-refractivity contribution in [3.63, 3.8) is 0 Å². The van der Waals surface area contributed by atoms with Crippen molar-refractivity contribution in [1.82, 2.24) is 24.3 Å². The molecule has 1 fully saturated rings. The maximum atomic E-state index is 13.7. The molecular formula is C23H19F2N7O3S. The number of ether oxygens (including phenoxy) is 2. The Morgan fingerprint density at radius 2 is 2.19 bits per heavy atom. The molecule has 1 amide bonds. The molecule has 3 heterocycles. The first-order valence-electron chi connectivity index (χ1n) is 10.7. The van der Waals surface area contributed by atoms with Gasteiger partial charge in [-0.1, -0.05) is 12.1 Å². The molecule has 4 aromatic rings. The number of halogens is 2. The molecule has 3 N–H and O–H groups in total. The molecule has 2 aromatic carbocycles. The van der Waals surface area contributed by atoms with Crippen LogP contribution in [0.5, 0.6) is 5.75 Å². The van der Waals surface area contributed by atoms with E-state index in [9.17, 15) is 18.3 Å². The molecule has 0 spiro atoms. The molecule has 36 heavy (non-hydrogen) atoms. The maximum Gasteiger partial charge on any atom is 0.255 e. The number of methoxy groups -OCH3 is 1. The summed E-state index contributed by atoms with van der Waals surface area (Å²) in [5.41, 5.74) is 8.22. The fourth-order valence-electron chi connectivity index (χ4n) is 4.10. The second-order valence-corrected chi connectivity index (χ2v) is 8.49. The zero-order chi connectivity index (χ0) is 25.4. The van der Waals surface area contributed by atoms with E-state index in [2.05, 4.69) is 21.6 Å². The smallest absolute Gasteiger partial charge is 0.255 e. The molecule has 184 valence electrons. The molecule has 5 rings (SSSR count). The van der Waals surface area contributed by atoms with Gasteiger partial charge in [-0.3, -0.25) is 4.79 Å². The number of nitrogens with two attached hydrogens (primary N) is 1. The van der Waals surface area contributed by atoms with Crippen LogP contribution in [0.4, 0.5) is 14.1 Å². The SMILES string of the molecule is COc1ccc(F)cc1C(=O)NCc1ccc(-c2nn(C3COC3)c(N)c2C#N)c2cnn(SF)c12. The highest BCUT2D eigenvalue weighted by molar-refractivity contribution is 7.92. The van der Waals surface area contributed by atoms with E-state index >= 15 is 0 Å². The molecule has 0 radical (unpaired) electrons. The number of aromatic nitrogens is 4. The zero-order valence-electron chi connectivity index (χ0n) is 18.9. The van der Waals surface area contributed by atoms with Crippen LogP contribution in [0.2, 0.25) is 0 Å². The number of carbonyl (C=O) groups is 1. The molecule has 0 unspecified atom stereocenters. The Bertz CT molecular complexity index is 1520. The molecule has 0 atom stereocenters. The number of amides is 1. The lowest BCUT2D eigenvalue weighted by atomic mass is 10.0. The molecule has 0 aliphatic carbocycles. The molecule has 2 aromatic heterocycles. The minimum absolute atomic E-state index is 0.0113. The van der Waals surface area contributed by atoms with Gasteiger partial charge < -0.3 is 20.5 Å². The standard InChI is InChI=1S/C23H19F2N7O3S/c1-34-19-5-3-13(24)6-16(19)23(33)28-8-12-2-4-15(18-9-29-32(36-25)21(12)18)20-17(7-26)22(27)31(30-20)14-10-35-11-14/h2-6,9,14H,8,10-11,27H2,1H3,(H,28,33). The van der Waals surface area contributed by atoms with Crippen LogP contribution in [0.1, 0.15) is 27.5 Å². The van der Waals surface area contributed by atoms with Crippen molar-refractivity contribution < 1.29 is 22.5 Å². The predicted molar refractivity (Wildman–Crippen MR) is 128 cm³/mol. The normalized spacial score (nSPS) is 13.4. The maximum absolute atomic E-state index is 13.7. The van der Waals surface area contributed by atoms with E-state index in [1.54, 1.807) is 16.8 Å². The van der Waals surface area contributed by atoms with Crippen molar-refractivity contribution in [3.8, 4) is 23.1 Å². The highest BCUT2D eigenvalue weighted by Crippen LogP contribution is 2.36. The second kappa shape index (κ2) is 9.48. The summed E-state index contributed by atoms with van der Waals surface area (Å²) in [6.07, 6.45) is 1.46. The molecule has 13 heteroatoms. The van der Waals surface area contributed by atoms with Crippen LogP contribution in [0.15, 0.2) is 36.5 Å². The van der Waals surface area contributed by atoms with Gasteiger partial charge in [0.25, 0.3) is 5.91 Å². The minimum Gasteiger partial charge on any atom is -0.496 e. The third-order valence-corrected chi connectivity index (χ3v) is 6.38.